The standard InChI is InChI=1S/C23H28F3N3O3S/c1-33(31,32)29(21-10-6-9-20(14-21)23(24,25)26)17-22(30)27-15-18-7-5-8-19(13-18)16-28-11-3-2-4-12-28/h5-10,13-14H,2-4,11-12,15-17H2,1H3,(H,27,30). The van der Waals surface area contributed by atoms with E-state index in [1.807, 2.05) is 24.3 Å². The molecule has 1 aliphatic heterocycles. The third-order valence-corrected chi connectivity index (χ3v) is 6.63. The maximum Gasteiger partial charge on any atom is 0.416 e. The second kappa shape index (κ2) is 10.6. The van der Waals surface area contributed by atoms with Crippen molar-refractivity contribution in [2.45, 2.75) is 38.5 Å². The van der Waals surface area contributed by atoms with E-state index in [4.69, 9.17) is 0 Å². The van der Waals surface area contributed by atoms with E-state index in [-0.39, 0.29) is 12.2 Å². The number of carbonyl (C=O) groups is 1. The van der Waals surface area contributed by atoms with Gasteiger partial charge in [0.25, 0.3) is 0 Å². The van der Waals surface area contributed by atoms with Gasteiger partial charge in [0.1, 0.15) is 6.54 Å². The Balaban J connectivity index is 1.64. The SMILES string of the molecule is CS(=O)(=O)N(CC(=O)NCc1cccc(CN2CCCCC2)c1)c1cccc(C(F)(F)F)c1. The maximum atomic E-state index is 13.0. The molecule has 0 saturated carbocycles. The van der Waals surface area contributed by atoms with Gasteiger partial charge in [0, 0.05) is 13.1 Å². The molecule has 1 saturated heterocycles. The van der Waals surface area contributed by atoms with E-state index in [9.17, 15) is 26.4 Å². The average Bonchev–Trinajstić information content (AvgIpc) is 2.76. The highest BCUT2D eigenvalue weighted by atomic mass is 32.2. The van der Waals surface area contributed by atoms with Gasteiger partial charge >= 0.3 is 6.18 Å². The van der Waals surface area contributed by atoms with Crippen LogP contribution in [0.3, 0.4) is 0 Å². The number of halogens is 3. The molecule has 0 bridgehead atoms. The van der Waals surface area contributed by atoms with Crippen LogP contribution in [0, 0.1) is 0 Å². The Hall–Kier alpha value is -2.59. The maximum absolute atomic E-state index is 13.0. The Labute approximate surface area is 192 Å². The van der Waals surface area contributed by atoms with Crippen molar-refractivity contribution in [2.24, 2.45) is 0 Å². The fraction of sp³-hybridized carbons (Fsp3) is 0.435. The number of sulfonamides is 1. The molecule has 6 nitrogen and oxygen atoms in total. The Kier molecular flexibility index (Phi) is 8.01. The predicted molar refractivity (Wildman–Crippen MR) is 121 cm³/mol. The molecule has 0 radical (unpaired) electrons. The first kappa shape index (κ1) is 25.0. The van der Waals surface area contributed by atoms with Gasteiger partial charge in [-0.3, -0.25) is 14.0 Å². The molecule has 10 heteroatoms. The summed E-state index contributed by atoms with van der Waals surface area (Å²) in [5.41, 5.74) is 0.791. The number of carbonyl (C=O) groups excluding carboxylic acids is 1. The van der Waals surface area contributed by atoms with Crippen LogP contribution < -0.4 is 9.62 Å². The molecule has 0 aliphatic carbocycles. The van der Waals surface area contributed by atoms with Gasteiger partial charge in [0.05, 0.1) is 17.5 Å². The number of hydrogen-bond acceptors (Lipinski definition) is 4. The molecule has 0 aromatic heterocycles. The molecule has 1 amide bonds. The molecule has 2 aromatic carbocycles. The van der Waals surface area contributed by atoms with Gasteiger partial charge in [-0.1, -0.05) is 36.8 Å². The Bertz CT molecular complexity index is 1070. The zero-order valence-corrected chi connectivity index (χ0v) is 19.3. The molecule has 180 valence electrons. The van der Waals surface area contributed by atoms with E-state index in [0.29, 0.717) is 4.31 Å². The van der Waals surface area contributed by atoms with Crippen LogP contribution in [0.4, 0.5) is 18.9 Å². The van der Waals surface area contributed by atoms with Gasteiger partial charge in [-0.05, 0) is 55.3 Å². The lowest BCUT2D eigenvalue weighted by Gasteiger charge is -2.26. The number of rotatable bonds is 8. The first-order valence-corrected chi connectivity index (χ1v) is 12.6. The lowest BCUT2D eigenvalue weighted by atomic mass is 10.1. The number of nitrogens with one attached hydrogen (secondary N) is 1. The minimum atomic E-state index is -4.62. The van der Waals surface area contributed by atoms with Gasteiger partial charge in [-0.15, -0.1) is 0 Å². The molecule has 1 fully saturated rings. The summed E-state index contributed by atoms with van der Waals surface area (Å²) in [5.74, 6) is -0.612. The van der Waals surface area contributed by atoms with Crippen LogP contribution in [0.5, 0.6) is 0 Å². The Morgan fingerprint density at radius 1 is 1.03 bits per heavy atom. The normalized spacial score (nSPS) is 15.3. The largest absolute Gasteiger partial charge is 0.416 e. The summed E-state index contributed by atoms with van der Waals surface area (Å²) in [4.78, 5) is 14.9. The van der Waals surface area contributed by atoms with Crippen LogP contribution in [0.2, 0.25) is 0 Å². The molecule has 2 aromatic rings. The second-order valence-corrected chi connectivity index (χ2v) is 10.2. The Morgan fingerprint density at radius 3 is 2.36 bits per heavy atom. The molecule has 1 aliphatic rings. The highest BCUT2D eigenvalue weighted by molar-refractivity contribution is 7.92. The highest BCUT2D eigenvalue weighted by Crippen LogP contribution is 2.32. The number of piperidine rings is 1. The first-order chi connectivity index (χ1) is 15.5. The van der Waals surface area contributed by atoms with Crippen molar-refractivity contribution in [3.63, 3.8) is 0 Å². The van der Waals surface area contributed by atoms with Crippen molar-refractivity contribution in [1.29, 1.82) is 0 Å². The molecule has 0 unspecified atom stereocenters. The van der Waals surface area contributed by atoms with Crippen LogP contribution in [0.15, 0.2) is 48.5 Å². The van der Waals surface area contributed by atoms with Gasteiger partial charge in [0.15, 0.2) is 0 Å². The van der Waals surface area contributed by atoms with E-state index in [1.54, 1.807) is 0 Å². The van der Waals surface area contributed by atoms with E-state index in [0.717, 1.165) is 55.2 Å². The van der Waals surface area contributed by atoms with Crippen LogP contribution in [-0.2, 0) is 34.1 Å². The number of benzene rings is 2. The molecule has 0 spiro atoms. The molecule has 33 heavy (non-hydrogen) atoms. The average molecular weight is 484 g/mol. The topological polar surface area (TPSA) is 69.7 Å². The number of nitrogens with zero attached hydrogens (tertiary/aromatic N) is 2. The predicted octanol–water partition coefficient (Wildman–Crippen LogP) is 3.77. The lowest BCUT2D eigenvalue weighted by molar-refractivity contribution is -0.137. The number of anilines is 1. The van der Waals surface area contributed by atoms with Gasteiger partial charge in [0.2, 0.25) is 15.9 Å². The third kappa shape index (κ3) is 7.46. The van der Waals surface area contributed by atoms with Gasteiger partial charge in [-0.2, -0.15) is 13.2 Å². The first-order valence-electron chi connectivity index (χ1n) is 10.7. The highest BCUT2D eigenvalue weighted by Gasteiger charge is 2.32. The molecule has 3 rings (SSSR count). The quantitative estimate of drug-likeness (QED) is 0.621. The molecule has 1 N–H and O–H groups in total. The minimum absolute atomic E-state index is 0.187. The van der Waals surface area contributed by atoms with E-state index < -0.39 is 34.2 Å². The second-order valence-electron chi connectivity index (χ2n) is 8.25. The van der Waals surface area contributed by atoms with Crippen molar-refractivity contribution < 1.29 is 26.4 Å². The summed E-state index contributed by atoms with van der Waals surface area (Å²) < 4.78 is 64.2. The summed E-state index contributed by atoms with van der Waals surface area (Å²) in [6.45, 7) is 2.54. The van der Waals surface area contributed by atoms with Crippen molar-refractivity contribution >= 4 is 21.6 Å². The summed E-state index contributed by atoms with van der Waals surface area (Å²) >= 11 is 0. The van der Waals surface area contributed by atoms with Gasteiger partial charge < -0.3 is 5.32 Å². The molecule has 0 atom stereocenters. The van der Waals surface area contributed by atoms with Crippen LogP contribution in [0.25, 0.3) is 0 Å². The number of alkyl halides is 3. The van der Waals surface area contributed by atoms with Crippen molar-refractivity contribution in [3.8, 4) is 0 Å². The van der Waals surface area contributed by atoms with Crippen LogP contribution in [-0.4, -0.2) is 45.1 Å². The van der Waals surface area contributed by atoms with Crippen LogP contribution >= 0.6 is 0 Å². The molecular weight excluding hydrogens is 455 g/mol. The summed E-state index contributed by atoms with van der Waals surface area (Å²) in [5, 5.41) is 2.67. The fourth-order valence-corrected chi connectivity index (χ4v) is 4.69. The van der Waals surface area contributed by atoms with Crippen molar-refractivity contribution in [2.75, 3.05) is 30.2 Å². The molecular formula is C23H28F3N3O3S. The zero-order chi connectivity index (χ0) is 24.1. The minimum Gasteiger partial charge on any atom is -0.350 e. The van der Waals surface area contributed by atoms with Crippen molar-refractivity contribution in [1.82, 2.24) is 10.2 Å². The van der Waals surface area contributed by atoms with E-state index in [1.165, 1.54) is 25.3 Å². The lowest BCUT2D eigenvalue weighted by Crippen LogP contribution is -2.40. The third-order valence-electron chi connectivity index (χ3n) is 5.48. The zero-order valence-electron chi connectivity index (χ0n) is 18.4. The number of likely N-dealkylation sites (tertiary alicyclic amines) is 1. The number of hydrogen-bond donors (Lipinski definition) is 1. The summed E-state index contributed by atoms with van der Waals surface area (Å²) in [7, 11) is -3.98. The van der Waals surface area contributed by atoms with Gasteiger partial charge in [-0.25, -0.2) is 8.42 Å². The smallest absolute Gasteiger partial charge is 0.350 e. The number of amides is 1. The van der Waals surface area contributed by atoms with E-state index >= 15 is 0 Å². The van der Waals surface area contributed by atoms with E-state index in [2.05, 4.69) is 10.2 Å². The monoisotopic (exact) mass is 483 g/mol. The molecule has 1 heterocycles. The fourth-order valence-electron chi connectivity index (χ4n) is 3.84. The summed E-state index contributed by atoms with van der Waals surface area (Å²) in [6.07, 6.45) is -0.129. The van der Waals surface area contributed by atoms with Crippen molar-refractivity contribution in [3.05, 3.63) is 65.2 Å². The Morgan fingerprint density at radius 2 is 1.70 bits per heavy atom. The summed E-state index contributed by atoms with van der Waals surface area (Å²) in [6, 6.07) is 11.7. The van der Waals surface area contributed by atoms with Crippen LogP contribution in [0.1, 0.15) is 36.0 Å².